The lowest BCUT2D eigenvalue weighted by atomic mass is 10.1. The number of carbonyl (C=O) groups is 2. The van der Waals surface area contributed by atoms with E-state index in [-0.39, 0.29) is 41.0 Å². The van der Waals surface area contributed by atoms with Gasteiger partial charge in [0.05, 0.1) is 18.5 Å². The third-order valence-electron chi connectivity index (χ3n) is 6.10. The second-order valence-electron chi connectivity index (χ2n) is 8.14. The Labute approximate surface area is 196 Å². The zero-order chi connectivity index (χ0) is 24.0. The molecule has 0 spiro atoms. The molecule has 1 aliphatic heterocycles. The van der Waals surface area contributed by atoms with Crippen molar-refractivity contribution in [3.63, 3.8) is 0 Å². The summed E-state index contributed by atoms with van der Waals surface area (Å²) in [4.78, 5) is 28.5. The predicted octanol–water partition coefficient (Wildman–Crippen LogP) is 4.35. The average Bonchev–Trinajstić information content (AvgIpc) is 3.36. The van der Waals surface area contributed by atoms with Gasteiger partial charge in [0.15, 0.2) is 0 Å². The minimum Gasteiger partial charge on any atom is -0.495 e. The van der Waals surface area contributed by atoms with Crippen molar-refractivity contribution in [2.45, 2.75) is 31.1 Å². The molecule has 3 aromatic carbocycles. The smallest absolute Gasteiger partial charge is 0.265 e. The number of nitrogens with zero attached hydrogens (tertiary/aromatic N) is 1. The zero-order valence-electron chi connectivity index (χ0n) is 18.7. The number of aryl methyl sites for hydroxylation is 1. The largest absolute Gasteiger partial charge is 0.495 e. The van der Waals surface area contributed by atoms with Crippen molar-refractivity contribution < 1.29 is 22.7 Å². The highest BCUT2D eigenvalue weighted by Gasteiger charge is 2.32. The Kier molecular flexibility index (Phi) is 5.28. The number of amides is 2. The highest BCUT2D eigenvalue weighted by molar-refractivity contribution is 7.92. The van der Waals surface area contributed by atoms with Crippen LogP contribution in [-0.4, -0.2) is 32.3 Å². The van der Waals surface area contributed by atoms with Crippen LogP contribution >= 0.6 is 0 Å². The third-order valence-corrected chi connectivity index (χ3v) is 7.50. The Morgan fingerprint density at radius 3 is 2.47 bits per heavy atom. The SMILES string of the molecule is CCc1cccc2c1[nH]c1cc(NS(=O)(=O)c3cc(N4C(=O)CCC4=O)ccc3OC)ccc12. The number of anilines is 2. The van der Waals surface area contributed by atoms with Crippen molar-refractivity contribution >= 4 is 55.0 Å². The van der Waals surface area contributed by atoms with E-state index in [0.717, 1.165) is 33.1 Å². The molecular weight excluding hydrogens is 454 g/mol. The first-order valence-electron chi connectivity index (χ1n) is 10.9. The molecule has 0 aliphatic carbocycles. The molecule has 0 bridgehead atoms. The number of benzene rings is 3. The lowest BCUT2D eigenvalue weighted by molar-refractivity contribution is -0.121. The Morgan fingerprint density at radius 1 is 1.00 bits per heavy atom. The van der Waals surface area contributed by atoms with Gasteiger partial charge in [-0.05, 0) is 42.3 Å². The Hall–Kier alpha value is -3.85. The molecule has 0 atom stereocenters. The van der Waals surface area contributed by atoms with Gasteiger partial charge >= 0.3 is 0 Å². The van der Waals surface area contributed by atoms with Crippen LogP contribution in [0.25, 0.3) is 21.8 Å². The quantitative estimate of drug-likeness (QED) is 0.402. The minimum atomic E-state index is -4.09. The molecule has 5 rings (SSSR count). The molecule has 1 saturated heterocycles. The van der Waals surface area contributed by atoms with Crippen molar-refractivity contribution in [3.8, 4) is 5.75 Å². The van der Waals surface area contributed by atoms with E-state index in [1.165, 1.54) is 30.9 Å². The minimum absolute atomic E-state index is 0.106. The van der Waals surface area contributed by atoms with Crippen LogP contribution in [0.4, 0.5) is 11.4 Å². The van der Waals surface area contributed by atoms with Crippen molar-refractivity contribution in [1.29, 1.82) is 0 Å². The fourth-order valence-electron chi connectivity index (χ4n) is 4.44. The number of aromatic nitrogens is 1. The zero-order valence-corrected chi connectivity index (χ0v) is 19.5. The number of H-pyrrole nitrogens is 1. The van der Waals surface area contributed by atoms with E-state index in [1.54, 1.807) is 12.1 Å². The Bertz CT molecular complexity index is 1560. The van der Waals surface area contributed by atoms with Gasteiger partial charge in [0.25, 0.3) is 10.0 Å². The second kappa shape index (κ2) is 8.18. The van der Waals surface area contributed by atoms with Crippen LogP contribution in [0.2, 0.25) is 0 Å². The van der Waals surface area contributed by atoms with Gasteiger partial charge in [-0.1, -0.05) is 31.2 Å². The van der Waals surface area contributed by atoms with Crippen LogP contribution < -0.4 is 14.4 Å². The highest BCUT2D eigenvalue weighted by atomic mass is 32.2. The van der Waals surface area contributed by atoms with Crippen molar-refractivity contribution in [3.05, 3.63) is 60.2 Å². The Balaban J connectivity index is 1.54. The summed E-state index contributed by atoms with van der Waals surface area (Å²) in [6, 6.07) is 15.7. The van der Waals surface area contributed by atoms with Crippen molar-refractivity contribution in [2.75, 3.05) is 16.7 Å². The molecule has 4 aromatic rings. The van der Waals surface area contributed by atoms with E-state index in [4.69, 9.17) is 4.74 Å². The second-order valence-corrected chi connectivity index (χ2v) is 9.79. The molecule has 0 unspecified atom stereocenters. The number of para-hydroxylation sites is 1. The van der Waals surface area contributed by atoms with Gasteiger partial charge in [0.1, 0.15) is 10.6 Å². The van der Waals surface area contributed by atoms with E-state index in [9.17, 15) is 18.0 Å². The summed E-state index contributed by atoms with van der Waals surface area (Å²) in [5.74, 6) is -0.612. The fraction of sp³-hybridized carbons (Fsp3) is 0.200. The number of hydrogen-bond acceptors (Lipinski definition) is 5. The molecule has 0 saturated carbocycles. The summed E-state index contributed by atoms with van der Waals surface area (Å²) in [6.45, 7) is 2.09. The lowest BCUT2D eigenvalue weighted by Crippen LogP contribution is -2.28. The molecule has 174 valence electrons. The summed E-state index contributed by atoms with van der Waals surface area (Å²) in [7, 11) is -2.73. The van der Waals surface area contributed by atoms with E-state index in [2.05, 4.69) is 22.7 Å². The first kappa shape index (κ1) is 22.0. The number of ether oxygens (including phenoxy) is 1. The van der Waals surface area contributed by atoms with Crippen LogP contribution in [-0.2, 0) is 26.0 Å². The number of nitrogens with one attached hydrogen (secondary N) is 2. The molecule has 2 N–H and O–H groups in total. The fourth-order valence-corrected chi connectivity index (χ4v) is 5.68. The molecule has 1 fully saturated rings. The van der Waals surface area contributed by atoms with E-state index in [1.807, 2.05) is 18.2 Å². The highest BCUT2D eigenvalue weighted by Crippen LogP contribution is 2.34. The number of sulfonamides is 1. The van der Waals surface area contributed by atoms with Crippen molar-refractivity contribution in [1.82, 2.24) is 4.98 Å². The number of hydrogen-bond donors (Lipinski definition) is 2. The molecule has 2 heterocycles. The van der Waals surface area contributed by atoms with Gasteiger partial charge in [0.2, 0.25) is 11.8 Å². The molecule has 0 radical (unpaired) electrons. The molecule has 8 nitrogen and oxygen atoms in total. The van der Waals surface area contributed by atoms with Crippen LogP contribution in [0, 0.1) is 0 Å². The van der Waals surface area contributed by atoms with Gasteiger partial charge in [-0.2, -0.15) is 0 Å². The first-order chi connectivity index (χ1) is 16.3. The molecular formula is C25H23N3O5S. The monoisotopic (exact) mass is 477 g/mol. The summed E-state index contributed by atoms with van der Waals surface area (Å²) in [6.07, 6.45) is 1.09. The topological polar surface area (TPSA) is 109 Å². The number of methoxy groups -OCH3 is 1. The van der Waals surface area contributed by atoms with Crippen LogP contribution in [0.1, 0.15) is 25.3 Å². The lowest BCUT2D eigenvalue weighted by Gasteiger charge is -2.17. The molecule has 1 aromatic heterocycles. The van der Waals surface area contributed by atoms with Gasteiger partial charge < -0.3 is 9.72 Å². The molecule has 2 amide bonds. The summed E-state index contributed by atoms with van der Waals surface area (Å²) >= 11 is 0. The number of imide groups is 1. The molecule has 1 aliphatic rings. The van der Waals surface area contributed by atoms with Gasteiger partial charge in [0, 0.05) is 34.6 Å². The number of rotatable bonds is 6. The van der Waals surface area contributed by atoms with Crippen LogP contribution in [0.15, 0.2) is 59.5 Å². The van der Waals surface area contributed by atoms with Gasteiger partial charge in [-0.25, -0.2) is 8.42 Å². The maximum absolute atomic E-state index is 13.3. The number of fused-ring (bicyclic) bond motifs is 3. The summed E-state index contributed by atoms with van der Waals surface area (Å²) in [5, 5.41) is 2.08. The third kappa shape index (κ3) is 3.58. The molecule has 34 heavy (non-hydrogen) atoms. The van der Waals surface area contributed by atoms with Gasteiger partial charge in [-0.15, -0.1) is 0 Å². The van der Waals surface area contributed by atoms with E-state index in [0.29, 0.717) is 5.69 Å². The number of carbonyl (C=O) groups excluding carboxylic acids is 2. The Morgan fingerprint density at radius 2 is 1.76 bits per heavy atom. The summed E-state index contributed by atoms with van der Waals surface area (Å²) < 4.78 is 34.5. The van der Waals surface area contributed by atoms with Gasteiger partial charge in [-0.3, -0.25) is 19.2 Å². The standard InChI is InChI=1S/C25H23N3O5S/c1-3-15-5-4-6-19-18-9-7-16(13-20(18)26-25(15)19)27-34(31,32)22-14-17(8-10-21(22)33-2)28-23(29)11-12-24(28)30/h4-10,13-14,26-27H,3,11-12H2,1-2H3. The van der Waals surface area contributed by atoms with E-state index < -0.39 is 10.0 Å². The van der Waals surface area contributed by atoms with Crippen LogP contribution in [0.3, 0.4) is 0 Å². The van der Waals surface area contributed by atoms with E-state index >= 15 is 0 Å². The predicted molar refractivity (Wildman–Crippen MR) is 131 cm³/mol. The maximum Gasteiger partial charge on any atom is 0.265 e. The first-order valence-corrected chi connectivity index (χ1v) is 12.4. The molecule has 9 heteroatoms. The van der Waals surface area contributed by atoms with Crippen LogP contribution in [0.5, 0.6) is 5.75 Å². The normalized spacial score (nSPS) is 14.4. The average molecular weight is 478 g/mol. The van der Waals surface area contributed by atoms with Crippen molar-refractivity contribution in [2.24, 2.45) is 0 Å². The maximum atomic E-state index is 13.3. The summed E-state index contributed by atoms with van der Waals surface area (Å²) in [5.41, 5.74) is 3.60. The number of aromatic amines is 1.